The summed E-state index contributed by atoms with van der Waals surface area (Å²) in [6, 6.07) is 6.09. The van der Waals surface area contributed by atoms with Gasteiger partial charge in [0.2, 0.25) is 0 Å². The molecule has 0 aliphatic carbocycles. The third-order valence-corrected chi connectivity index (χ3v) is 4.76. The lowest BCUT2D eigenvalue weighted by Gasteiger charge is -2.01. The highest BCUT2D eigenvalue weighted by Gasteiger charge is 2.07. The highest BCUT2D eigenvalue weighted by Crippen LogP contribution is 2.39. The lowest BCUT2D eigenvalue weighted by Crippen LogP contribution is -1.89. The maximum Gasteiger partial charge on any atom is 0.120 e. The van der Waals surface area contributed by atoms with Crippen LogP contribution >= 0.6 is 39.9 Å². The number of ether oxygens (including phenoxy) is 1. The zero-order chi connectivity index (χ0) is 10.1. The maximum absolute atomic E-state index is 5.44. The molecule has 0 saturated carbocycles. The van der Waals surface area contributed by atoms with Crippen LogP contribution < -0.4 is 4.74 Å². The lowest BCUT2D eigenvalue weighted by molar-refractivity contribution is 0.341. The summed E-state index contributed by atoms with van der Waals surface area (Å²) in [5, 5.41) is 1.17. The molecule has 1 aromatic heterocycles. The fourth-order valence-corrected chi connectivity index (χ4v) is 3.22. The molecule has 0 spiro atoms. The summed E-state index contributed by atoms with van der Waals surface area (Å²) >= 11 is 9.56. The number of benzene rings is 1. The average Bonchev–Trinajstić information content (AvgIpc) is 2.45. The van der Waals surface area contributed by atoms with Gasteiger partial charge in [-0.3, -0.25) is 0 Å². The molecule has 14 heavy (non-hydrogen) atoms. The van der Waals surface area contributed by atoms with Crippen LogP contribution in [0.4, 0.5) is 0 Å². The van der Waals surface area contributed by atoms with Crippen molar-refractivity contribution in [3.63, 3.8) is 0 Å². The van der Waals surface area contributed by atoms with Crippen LogP contribution in [0.5, 0.6) is 5.75 Å². The number of thiol groups is 1. The molecule has 0 unspecified atom stereocenters. The topological polar surface area (TPSA) is 9.23 Å². The third kappa shape index (κ3) is 1.78. The molecule has 74 valence electrons. The SMILES string of the molecule is CCOc1ccc2sc(S)c(Br)c2c1. The van der Waals surface area contributed by atoms with Gasteiger partial charge in [-0.05, 0) is 41.1 Å². The van der Waals surface area contributed by atoms with Crippen LogP contribution in [-0.2, 0) is 0 Å². The second-order valence-electron chi connectivity index (χ2n) is 2.81. The molecule has 2 rings (SSSR count). The minimum Gasteiger partial charge on any atom is -0.494 e. The fraction of sp³-hybridized carbons (Fsp3) is 0.200. The second kappa shape index (κ2) is 4.13. The Balaban J connectivity index is 2.58. The van der Waals surface area contributed by atoms with E-state index >= 15 is 0 Å². The first-order valence-corrected chi connectivity index (χ1v) is 6.32. The Morgan fingerprint density at radius 2 is 2.29 bits per heavy atom. The fourth-order valence-electron chi connectivity index (χ4n) is 1.29. The van der Waals surface area contributed by atoms with E-state index in [0.717, 1.165) is 14.4 Å². The Hall–Kier alpha value is -0.190. The van der Waals surface area contributed by atoms with E-state index in [2.05, 4.69) is 34.6 Å². The highest BCUT2D eigenvalue weighted by molar-refractivity contribution is 9.10. The number of thiophene rings is 1. The van der Waals surface area contributed by atoms with Crippen molar-refractivity contribution in [1.29, 1.82) is 0 Å². The van der Waals surface area contributed by atoms with Gasteiger partial charge in [0.15, 0.2) is 0 Å². The number of hydrogen-bond acceptors (Lipinski definition) is 3. The first kappa shape index (κ1) is 10.3. The molecule has 0 aliphatic heterocycles. The summed E-state index contributed by atoms with van der Waals surface area (Å²) in [6.07, 6.45) is 0. The Morgan fingerprint density at radius 1 is 1.50 bits per heavy atom. The van der Waals surface area contributed by atoms with Gasteiger partial charge in [0.1, 0.15) is 5.75 Å². The molecule has 4 heteroatoms. The number of rotatable bonds is 2. The molecule has 1 nitrogen and oxygen atoms in total. The first-order chi connectivity index (χ1) is 6.72. The Labute approximate surface area is 101 Å². The smallest absolute Gasteiger partial charge is 0.120 e. The predicted octanol–water partition coefficient (Wildman–Crippen LogP) is 4.35. The van der Waals surface area contributed by atoms with Gasteiger partial charge in [-0.1, -0.05) is 0 Å². The second-order valence-corrected chi connectivity index (χ2v) is 5.41. The zero-order valence-electron chi connectivity index (χ0n) is 7.58. The van der Waals surface area contributed by atoms with E-state index < -0.39 is 0 Å². The molecule has 0 aliphatic rings. The molecule has 2 aromatic rings. The molecule has 0 atom stereocenters. The van der Waals surface area contributed by atoms with Crippen LogP contribution in [0.25, 0.3) is 10.1 Å². The molecule has 1 heterocycles. The predicted molar refractivity (Wildman–Crippen MR) is 67.9 cm³/mol. The molecular formula is C10H9BrOS2. The number of hydrogen-bond donors (Lipinski definition) is 1. The van der Waals surface area contributed by atoms with E-state index in [4.69, 9.17) is 4.74 Å². The Kier molecular flexibility index (Phi) is 3.04. The molecule has 0 fully saturated rings. The van der Waals surface area contributed by atoms with Gasteiger partial charge in [-0.25, -0.2) is 0 Å². The van der Waals surface area contributed by atoms with Gasteiger partial charge < -0.3 is 4.74 Å². The van der Waals surface area contributed by atoms with Crippen LogP contribution in [0, 0.1) is 0 Å². The van der Waals surface area contributed by atoms with Crippen molar-refractivity contribution in [3.05, 3.63) is 22.7 Å². The molecule has 0 radical (unpaired) electrons. The minimum atomic E-state index is 0.695. The summed E-state index contributed by atoms with van der Waals surface area (Å²) in [6.45, 7) is 2.68. The average molecular weight is 289 g/mol. The molecule has 0 bridgehead atoms. The van der Waals surface area contributed by atoms with Crippen LogP contribution in [0.1, 0.15) is 6.92 Å². The van der Waals surface area contributed by atoms with E-state index in [-0.39, 0.29) is 0 Å². The Morgan fingerprint density at radius 3 is 3.00 bits per heavy atom. The molecule has 1 aromatic carbocycles. The zero-order valence-corrected chi connectivity index (χ0v) is 10.9. The summed E-state index contributed by atoms with van der Waals surface area (Å²) in [7, 11) is 0. The first-order valence-electron chi connectivity index (χ1n) is 4.26. The molecule has 0 saturated heterocycles. The van der Waals surface area contributed by atoms with Gasteiger partial charge in [-0.15, -0.1) is 24.0 Å². The van der Waals surface area contributed by atoms with E-state index in [9.17, 15) is 0 Å². The highest BCUT2D eigenvalue weighted by atomic mass is 79.9. The van der Waals surface area contributed by atoms with Crippen molar-refractivity contribution in [3.8, 4) is 5.75 Å². The van der Waals surface area contributed by atoms with Crippen molar-refractivity contribution in [2.75, 3.05) is 6.61 Å². The number of fused-ring (bicyclic) bond motifs is 1. The normalized spacial score (nSPS) is 10.8. The standard InChI is InChI=1S/C10H9BrOS2/c1-2-12-6-3-4-8-7(5-6)9(11)10(13)14-8/h3-5,13H,2H2,1H3. The summed E-state index contributed by atoms with van der Waals surface area (Å²) < 4.78 is 8.73. The van der Waals surface area contributed by atoms with E-state index in [0.29, 0.717) is 6.61 Å². The lowest BCUT2D eigenvalue weighted by atomic mass is 10.2. The summed E-state index contributed by atoms with van der Waals surface area (Å²) in [5.74, 6) is 0.909. The van der Waals surface area contributed by atoms with Gasteiger partial charge in [0, 0.05) is 14.6 Å². The summed E-state index contributed by atoms with van der Waals surface area (Å²) in [5.41, 5.74) is 0. The minimum absolute atomic E-state index is 0.695. The van der Waals surface area contributed by atoms with Gasteiger partial charge >= 0.3 is 0 Å². The van der Waals surface area contributed by atoms with Gasteiger partial charge in [0.25, 0.3) is 0 Å². The van der Waals surface area contributed by atoms with Gasteiger partial charge in [-0.2, -0.15) is 0 Å². The van der Waals surface area contributed by atoms with Crippen molar-refractivity contribution in [2.24, 2.45) is 0 Å². The van der Waals surface area contributed by atoms with Crippen molar-refractivity contribution < 1.29 is 4.74 Å². The largest absolute Gasteiger partial charge is 0.494 e. The molecular weight excluding hydrogens is 280 g/mol. The van der Waals surface area contributed by atoms with Gasteiger partial charge in [0.05, 0.1) is 10.8 Å². The number of halogens is 1. The van der Waals surface area contributed by atoms with Crippen LogP contribution in [0.2, 0.25) is 0 Å². The molecule has 0 N–H and O–H groups in total. The monoisotopic (exact) mass is 288 g/mol. The van der Waals surface area contributed by atoms with Crippen molar-refractivity contribution >= 4 is 50.0 Å². The quantitative estimate of drug-likeness (QED) is 0.809. The van der Waals surface area contributed by atoms with E-state index in [1.54, 1.807) is 11.3 Å². The van der Waals surface area contributed by atoms with Crippen LogP contribution in [0.15, 0.2) is 26.9 Å². The Bertz CT molecular complexity index is 464. The van der Waals surface area contributed by atoms with Crippen molar-refractivity contribution in [2.45, 2.75) is 11.1 Å². The maximum atomic E-state index is 5.44. The van der Waals surface area contributed by atoms with Crippen LogP contribution in [0.3, 0.4) is 0 Å². The van der Waals surface area contributed by atoms with Crippen LogP contribution in [-0.4, -0.2) is 6.61 Å². The van der Waals surface area contributed by atoms with Crippen molar-refractivity contribution in [1.82, 2.24) is 0 Å². The summed E-state index contributed by atoms with van der Waals surface area (Å²) in [4.78, 5) is 0. The molecule has 0 amide bonds. The van der Waals surface area contributed by atoms with E-state index in [1.165, 1.54) is 10.1 Å². The van der Waals surface area contributed by atoms with E-state index in [1.807, 2.05) is 19.1 Å². The third-order valence-electron chi connectivity index (χ3n) is 1.89.